The van der Waals surface area contributed by atoms with Crippen molar-refractivity contribution in [2.24, 2.45) is 5.92 Å². The van der Waals surface area contributed by atoms with E-state index in [0.717, 1.165) is 18.4 Å². The molecular formula is C28H32N2O6. The Bertz CT molecular complexity index is 1060. The summed E-state index contributed by atoms with van der Waals surface area (Å²) in [6, 6.07) is 15.9. The number of rotatable bonds is 10. The largest absolute Gasteiger partial charge is 0.462 e. The van der Waals surface area contributed by atoms with Gasteiger partial charge in [0.05, 0.1) is 18.1 Å². The summed E-state index contributed by atoms with van der Waals surface area (Å²) in [4.78, 5) is 50.6. The smallest absolute Gasteiger partial charge is 0.338 e. The number of likely N-dealkylation sites (tertiary alicyclic amines) is 1. The zero-order chi connectivity index (χ0) is 25.8. The number of nitrogens with one attached hydrogen (secondary N) is 1. The number of amides is 2. The SMILES string of the molecule is CCCCOC(=O)c1ccc(NC(=O)COC(=O)C2CCN(C(=O)/C=C/c3ccccc3)CC2)cc1. The van der Waals surface area contributed by atoms with E-state index in [9.17, 15) is 19.2 Å². The van der Waals surface area contributed by atoms with E-state index in [1.807, 2.05) is 37.3 Å². The first-order valence-electron chi connectivity index (χ1n) is 12.2. The Hall–Kier alpha value is -3.94. The molecule has 8 nitrogen and oxygen atoms in total. The number of carbonyl (C=O) groups is 4. The monoisotopic (exact) mass is 492 g/mol. The molecule has 8 heteroatoms. The van der Waals surface area contributed by atoms with Gasteiger partial charge in [-0.2, -0.15) is 0 Å². The van der Waals surface area contributed by atoms with Gasteiger partial charge in [-0.15, -0.1) is 0 Å². The number of ether oxygens (including phenoxy) is 2. The van der Waals surface area contributed by atoms with Crippen LogP contribution in [0.3, 0.4) is 0 Å². The third-order valence-corrected chi connectivity index (χ3v) is 5.84. The zero-order valence-corrected chi connectivity index (χ0v) is 20.5. The van der Waals surface area contributed by atoms with Crippen LogP contribution in [0.5, 0.6) is 0 Å². The second-order valence-corrected chi connectivity index (χ2v) is 8.57. The van der Waals surface area contributed by atoms with Crippen molar-refractivity contribution in [3.63, 3.8) is 0 Å². The van der Waals surface area contributed by atoms with Crippen molar-refractivity contribution in [3.8, 4) is 0 Å². The first-order valence-corrected chi connectivity index (χ1v) is 12.2. The Balaban J connectivity index is 1.36. The van der Waals surface area contributed by atoms with Gasteiger partial charge in [0, 0.05) is 24.9 Å². The van der Waals surface area contributed by atoms with Crippen LogP contribution in [0, 0.1) is 5.92 Å². The van der Waals surface area contributed by atoms with Gasteiger partial charge in [-0.3, -0.25) is 14.4 Å². The topological polar surface area (TPSA) is 102 Å². The maximum Gasteiger partial charge on any atom is 0.338 e. The summed E-state index contributed by atoms with van der Waals surface area (Å²) < 4.78 is 10.3. The minimum Gasteiger partial charge on any atom is -0.462 e. The lowest BCUT2D eigenvalue weighted by atomic mass is 9.97. The Morgan fingerprint density at radius 1 is 0.972 bits per heavy atom. The molecule has 0 atom stereocenters. The molecule has 190 valence electrons. The number of carbonyl (C=O) groups excluding carboxylic acids is 4. The molecule has 0 spiro atoms. The summed E-state index contributed by atoms with van der Waals surface area (Å²) in [6.45, 7) is 2.90. The van der Waals surface area contributed by atoms with E-state index < -0.39 is 24.5 Å². The molecule has 2 aromatic carbocycles. The molecule has 0 bridgehead atoms. The van der Waals surface area contributed by atoms with E-state index in [1.165, 1.54) is 0 Å². The van der Waals surface area contributed by atoms with Crippen molar-refractivity contribution in [1.82, 2.24) is 4.90 Å². The first kappa shape index (κ1) is 26.7. The highest BCUT2D eigenvalue weighted by Crippen LogP contribution is 2.19. The van der Waals surface area contributed by atoms with E-state index in [0.29, 0.717) is 43.8 Å². The number of nitrogens with zero attached hydrogens (tertiary/aromatic N) is 1. The molecule has 1 N–H and O–H groups in total. The maximum atomic E-state index is 12.4. The minimum absolute atomic E-state index is 0.0923. The van der Waals surface area contributed by atoms with Gasteiger partial charge >= 0.3 is 11.9 Å². The molecule has 2 amide bonds. The van der Waals surface area contributed by atoms with Gasteiger partial charge in [-0.25, -0.2) is 4.79 Å². The molecule has 1 aliphatic rings. The zero-order valence-electron chi connectivity index (χ0n) is 20.5. The van der Waals surface area contributed by atoms with Crippen molar-refractivity contribution in [2.75, 3.05) is 31.6 Å². The Kier molecular flexibility index (Phi) is 10.2. The third-order valence-electron chi connectivity index (χ3n) is 5.84. The van der Waals surface area contributed by atoms with Crippen molar-refractivity contribution in [1.29, 1.82) is 0 Å². The van der Waals surface area contributed by atoms with Gasteiger partial charge in [0.2, 0.25) is 5.91 Å². The third kappa shape index (κ3) is 8.37. The van der Waals surface area contributed by atoms with Crippen LogP contribution in [0.1, 0.15) is 48.5 Å². The fourth-order valence-electron chi connectivity index (χ4n) is 3.71. The fourth-order valence-corrected chi connectivity index (χ4v) is 3.71. The predicted octanol–water partition coefficient (Wildman–Crippen LogP) is 4.08. The average molecular weight is 493 g/mol. The molecule has 1 saturated heterocycles. The lowest BCUT2D eigenvalue weighted by Crippen LogP contribution is -2.40. The molecule has 3 rings (SSSR count). The van der Waals surface area contributed by atoms with E-state index >= 15 is 0 Å². The summed E-state index contributed by atoms with van der Waals surface area (Å²) in [6.07, 6.45) is 6.03. The van der Waals surface area contributed by atoms with Crippen molar-refractivity contribution >= 4 is 35.5 Å². The molecule has 1 fully saturated rings. The van der Waals surface area contributed by atoms with Crippen LogP contribution >= 0.6 is 0 Å². The Morgan fingerprint density at radius 3 is 2.33 bits per heavy atom. The van der Waals surface area contributed by atoms with Crippen LogP contribution in [0.15, 0.2) is 60.7 Å². The number of unbranched alkanes of at least 4 members (excludes halogenated alkanes) is 1. The second kappa shape index (κ2) is 13.8. The fraction of sp³-hybridized carbons (Fsp3) is 0.357. The van der Waals surface area contributed by atoms with Gasteiger partial charge in [0.25, 0.3) is 5.91 Å². The summed E-state index contributed by atoms with van der Waals surface area (Å²) in [5.41, 5.74) is 1.83. The quantitative estimate of drug-likeness (QED) is 0.305. The number of anilines is 1. The van der Waals surface area contributed by atoms with Crippen LogP contribution < -0.4 is 5.32 Å². The van der Waals surface area contributed by atoms with Gasteiger partial charge in [-0.1, -0.05) is 43.7 Å². The standard InChI is InChI=1S/C28H32N2O6/c1-2-3-19-35-27(33)22-10-12-24(13-11-22)29-25(31)20-36-28(34)23-15-17-30(18-16-23)26(32)14-9-21-7-5-4-6-8-21/h4-14,23H,2-3,15-20H2,1H3,(H,29,31)/b14-9+. The van der Waals surface area contributed by atoms with Crippen LogP contribution in [-0.4, -0.2) is 55.0 Å². The number of hydrogen-bond acceptors (Lipinski definition) is 6. The van der Waals surface area contributed by atoms with Crippen LogP contribution in [0.2, 0.25) is 0 Å². The number of esters is 2. The molecule has 0 unspecified atom stereocenters. The highest BCUT2D eigenvalue weighted by Gasteiger charge is 2.28. The summed E-state index contributed by atoms with van der Waals surface area (Å²) in [5.74, 6) is -1.76. The predicted molar refractivity (Wildman–Crippen MR) is 136 cm³/mol. The normalized spacial score (nSPS) is 13.9. The second-order valence-electron chi connectivity index (χ2n) is 8.57. The lowest BCUT2D eigenvalue weighted by molar-refractivity contribution is -0.153. The van der Waals surface area contributed by atoms with E-state index in [2.05, 4.69) is 5.32 Å². The molecule has 2 aromatic rings. The van der Waals surface area contributed by atoms with Crippen molar-refractivity contribution in [3.05, 3.63) is 71.8 Å². The van der Waals surface area contributed by atoms with E-state index in [-0.39, 0.29) is 11.8 Å². The average Bonchev–Trinajstić information content (AvgIpc) is 2.91. The summed E-state index contributed by atoms with van der Waals surface area (Å²) >= 11 is 0. The Morgan fingerprint density at radius 2 is 1.67 bits per heavy atom. The minimum atomic E-state index is -0.472. The van der Waals surface area contributed by atoms with Crippen LogP contribution in [0.4, 0.5) is 5.69 Å². The van der Waals surface area contributed by atoms with Crippen LogP contribution in [0.25, 0.3) is 6.08 Å². The Labute approximate surface area is 211 Å². The molecule has 36 heavy (non-hydrogen) atoms. The highest BCUT2D eigenvalue weighted by atomic mass is 16.5. The number of hydrogen-bond donors (Lipinski definition) is 1. The first-order chi connectivity index (χ1) is 17.5. The lowest BCUT2D eigenvalue weighted by Gasteiger charge is -2.30. The maximum absolute atomic E-state index is 12.4. The molecule has 0 aromatic heterocycles. The van der Waals surface area contributed by atoms with Gasteiger partial charge in [-0.05, 0) is 55.2 Å². The molecule has 1 aliphatic heterocycles. The molecule has 1 heterocycles. The van der Waals surface area contributed by atoms with Crippen molar-refractivity contribution < 1.29 is 28.7 Å². The summed E-state index contributed by atoms with van der Waals surface area (Å²) in [5, 5.41) is 2.64. The van der Waals surface area contributed by atoms with Gasteiger partial charge in [0.15, 0.2) is 6.61 Å². The molecular weight excluding hydrogens is 460 g/mol. The van der Waals surface area contributed by atoms with Gasteiger partial charge < -0.3 is 19.7 Å². The highest BCUT2D eigenvalue weighted by molar-refractivity contribution is 5.94. The number of piperidine rings is 1. The molecule has 0 aliphatic carbocycles. The molecule has 0 saturated carbocycles. The van der Waals surface area contributed by atoms with Crippen LogP contribution in [-0.2, 0) is 23.9 Å². The van der Waals surface area contributed by atoms with Crippen molar-refractivity contribution in [2.45, 2.75) is 32.6 Å². The van der Waals surface area contributed by atoms with Gasteiger partial charge in [0.1, 0.15) is 0 Å². The van der Waals surface area contributed by atoms with E-state index in [4.69, 9.17) is 9.47 Å². The summed E-state index contributed by atoms with van der Waals surface area (Å²) in [7, 11) is 0. The number of benzene rings is 2. The molecule has 0 radical (unpaired) electrons. The van der Waals surface area contributed by atoms with E-state index in [1.54, 1.807) is 41.3 Å².